The highest BCUT2D eigenvalue weighted by Gasteiger charge is 2.29. The predicted molar refractivity (Wildman–Crippen MR) is 93.8 cm³/mol. The molecule has 0 bridgehead atoms. The van der Waals surface area contributed by atoms with Crippen molar-refractivity contribution in [3.63, 3.8) is 0 Å². The van der Waals surface area contributed by atoms with Gasteiger partial charge in [-0.05, 0) is 16.7 Å². The molecule has 1 aliphatic heterocycles. The summed E-state index contributed by atoms with van der Waals surface area (Å²) < 4.78 is 1.59. The van der Waals surface area contributed by atoms with E-state index in [1.165, 1.54) is 0 Å². The fraction of sp³-hybridized carbons (Fsp3) is 0.105. The first-order valence-electron chi connectivity index (χ1n) is 7.96. The van der Waals surface area contributed by atoms with Gasteiger partial charge >= 0.3 is 0 Å². The topological polar surface area (TPSA) is 90.0 Å². The van der Waals surface area contributed by atoms with E-state index in [4.69, 9.17) is 5.73 Å². The number of amides is 2. The summed E-state index contributed by atoms with van der Waals surface area (Å²) in [5.41, 5.74) is 10.1. The van der Waals surface area contributed by atoms with Crippen molar-refractivity contribution in [2.75, 3.05) is 5.73 Å². The molecule has 1 aliphatic rings. The zero-order valence-corrected chi connectivity index (χ0v) is 13.4. The van der Waals surface area contributed by atoms with Gasteiger partial charge in [0.2, 0.25) is 5.91 Å². The SMILES string of the molecule is Nc1c2c(nn1Cc1ccccc1-c1ccccc1)CC(=O)NC2=O. The van der Waals surface area contributed by atoms with Gasteiger partial charge in [-0.15, -0.1) is 0 Å². The van der Waals surface area contributed by atoms with Gasteiger partial charge in [0.15, 0.2) is 0 Å². The Morgan fingerprint density at radius 2 is 1.76 bits per heavy atom. The molecule has 0 saturated heterocycles. The minimum Gasteiger partial charge on any atom is -0.383 e. The van der Waals surface area contributed by atoms with Gasteiger partial charge in [0.05, 0.1) is 18.7 Å². The summed E-state index contributed by atoms with van der Waals surface area (Å²) in [4.78, 5) is 23.5. The van der Waals surface area contributed by atoms with Crippen molar-refractivity contribution in [3.8, 4) is 11.1 Å². The fourth-order valence-corrected chi connectivity index (χ4v) is 3.12. The van der Waals surface area contributed by atoms with E-state index in [1.807, 2.05) is 54.6 Å². The van der Waals surface area contributed by atoms with Gasteiger partial charge < -0.3 is 5.73 Å². The first-order valence-corrected chi connectivity index (χ1v) is 7.96. The summed E-state index contributed by atoms with van der Waals surface area (Å²) in [6, 6.07) is 18.0. The van der Waals surface area contributed by atoms with Crippen LogP contribution in [0, 0.1) is 0 Å². The molecule has 0 unspecified atom stereocenters. The minimum absolute atomic E-state index is 0.0681. The molecule has 1 aromatic heterocycles. The van der Waals surface area contributed by atoms with Crippen LogP contribution < -0.4 is 11.1 Å². The molecule has 0 aliphatic carbocycles. The molecule has 3 aromatic rings. The van der Waals surface area contributed by atoms with E-state index < -0.39 is 5.91 Å². The number of nitrogens with two attached hydrogens (primary N) is 1. The van der Waals surface area contributed by atoms with Crippen molar-refractivity contribution in [2.24, 2.45) is 0 Å². The first-order chi connectivity index (χ1) is 12.1. The van der Waals surface area contributed by atoms with Crippen LogP contribution in [0.25, 0.3) is 11.1 Å². The number of benzene rings is 2. The predicted octanol–water partition coefficient (Wildman–Crippen LogP) is 1.99. The van der Waals surface area contributed by atoms with E-state index in [1.54, 1.807) is 4.68 Å². The first kappa shape index (κ1) is 15.1. The maximum Gasteiger partial charge on any atom is 0.263 e. The number of anilines is 1. The lowest BCUT2D eigenvalue weighted by Gasteiger charge is -2.11. The Balaban J connectivity index is 1.74. The maximum atomic E-state index is 12.0. The molecule has 0 radical (unpaired) electrons. The highest BCUT2D eigenvalue weighted by molar-refractivity contribution is 6.11. The van der Waals surface area contributed by atoms with Crippen LogP contribution in [0.3, 0.4) is 0 Å². The van der Waals surface area contributed by atoms with Gasteiger partial charge in [0, 0.05) is 0 Å². The Morgan fingerprint density at radius 3 is 2.56 bits per heavy atom. The zero-order chi connectivity index (χ0) is 17.4. The number of nitrogen functional groups attached to an aromatic ring is 1. The number of carbonyl (C=O) groups is 2. The number of nitrogens with one attached hydrogen (secondary N) is 1. The van der Waals surface area contributed by atoms with Crippen LogP contribution in [-0.2, 0) is 17.8 Å². The molecule has 6 heteroatoms. The van der Waals surface area contributed by atoms with Gasteiger partial charge in [0.25, 0.3) is 5.91 Å². The van der Waals surface area contributed by atoms with Crippen molar-refractivity contribution < 1.29 is 9.59 Å². The number of hydrogen-bond donors (Lipinski definition) is 2. The normalized spacial score (nSPS) is 13.4. The summed E-state index contributed by atoms with van der Waals surface area (Å²) >= 11 is 0. The van der Waals surface area contributed by atoms with E-state index in [9.17, 15) is 9.59 Å². The average Bonchev–Trinajstić information content (AvgIpc) is 2.92. The highest BCUT2D eigenvalue weighted by atomic mass is 16.2. The quantitative estimate of drug-likeness (QED) is 0.718. The van der Waals surface area contributed by atoms with Crippen LogP contribution in [0.15, 0.2) is 54.6 Å². The Hall–Kier alpha value is -3.41. The van der Waals surface area contributed by atoms with Gasteiger partial charge in [-0.25, -0.2) is 4.68 Å². The summed E-state index contributed by atoms with van der Waals surface area (Å²) in [6.07, 6.45) is 0.0681. The second-order valence-electron chi connectivity index (χ2n) is 5.94. The Bertz CT molecular complexity index is 976. The number of fused-ring (bicyclic) bond motifs is 1. The smallest absolute Gasteiger partial charge is 0.263 e. The molecule has 2 heterocycles. The van der Waals surface area contributed by atoms with Crippen molar-refractivity contribution in [1.29, 1.82) is 0 Å². The fourth-order valence-electron chi connectivity index (χ4n) is 3.12. The van der Waals surface area contributed by atoms with Crippen LogP contribution in [0.5, 0.6) is 0 Å². The van der Waals surface area contributed by atoms with Crippen LogP contribution in [0.1, 0.15) is 21.6 Å². The van der Waals surface area contributed by atoms with E-state index >= 15 is 0 Å². The second kappa shape index (κ2) is 5.90. The van der Waals surface area contributed by atoms with Crippen LogP contribution >= 0.6 is 0 Å². The van der Waals surface area contributed by atoms with Gasteiger partial charge in [-0.3, -0.25) is 14.9 Å². The van der Waals surface area contributed by atoms with Gasteiger partial charge in [-0.1, -0.05) is 54.6 Å². The summed E-state index contributed by atoms with van der Waals surface area (Å²) in [7, 11) is 0. The van der Waals surface area contributed by atoms with E-state index in [0.29, 0.717) is 17.8 Å². The maximum absolute atomic E-state index is 12.0. The van der Waals surface area contributed by atoms with Crippen molar-refractivity contribution in [2.45, 2.75) is 13.0 Å². The standard InChI is InChI=1S/C19H16N4O2/c20-18-17-15(10-16(24)21-19(17)25)22-23(18)11-13-8-4-5-9-14(13)12-6-2-1-3-7-12/h1-9H,10-11,20H2,(H,21,24,25). The van der Waals surface area contributed by atoms with Crippen LogP contribution in [0.2, 0.25) is 0 Å². The molecule has 0 spiro atoms. The van der Waals surface area contributed by atoms with Gasteiger partial charge in [0.1, 0.15) is 11.4 Å². The number of hydrogen-bond acceptors (Lipinski definition) is 4. The van der Waals surface area contributed by atoms with Gasteiger partial charge in [-0.2, -0.15) is 5.10 Å². The molecule has 0 fully saturated rings. The summed E-state index contributed by atoms with van der Waals surface area (Å²) in [5.74, 6) is -0.555. The number of aromatic nitrogens is 2. The van der Waals surface area contributed by atoms with Crippen LogP contribution in [-0.4, -0.2) is 21.6 Å². The molecule has 3 N–H and O–H groups in total. The number of imide groups is 1. The molecule has 6 nitrogen and oxygen atoms in total. The molecule has 0 saturated carbocycles. The molecule has 4 rings (SSSR count). The third-order valence-electron chi connectivity index (χ3n) is 4.29. The van der Waals surface area contributed by atoms with Crippen molar-refractivity contribution >= 4 is 17.6 Å². The highest BCUT2D eigenvalue weighted by Crippen LogP contribution is 2.26. The second-order valence-corrected chi connectivity index (χ2v) is 5.94. The van der Waals surface area contributed by atoms with E-state index in [2.05, 4.69) is 10.4 Å². The number of rotatable bonds is 3. The molecular formula is C19H16N4O2. The zero-order valence-electron chi connectivity index (χ0n) is 13.4. The molecule has 124 valence electrons. The number of carbonyl (C=O) groups excluding carboxylic acids is 2. The summed E-state index contributed by atoms with van der Waals surface area (Å²) in [5, 5.41) is 6.67. The summed E-state index contributed by atoms with van der Waals surface area (Å²) in [6.45, 7) is 0.422. The van der Waals surface area contributed by atoms with E-state index in [0.717, 1.165) is 16.7 Å². The lowest BCUT2D eigenvalue weighted by Crippen LogP contribution is -2.37. The van der Waals surface area contributed by atoms with Crippen molar-refractivity contribution in [1.82, 2.24) is 15.1 Å². The lowest BCUT2D eigenvalue weighted by molar-refractivity contribution is -0.119. The Morgan fingerprint density at radius 1 is 1.04 bits per heavy atom. The third kappa shape index (κ3) is 2.67. The Labute approximate surface area is 144 Å². The largest absolute Gasteiger partial charge is 0.383 e. The van der Waals surface area contributed by atoms with E-state index in [-0.39, 0.29) is 18.1 Å². The molecule has 0 atom stereocenters. The third-order valence-corrected chi connectivity index (χ3v) is 4.29. The Kier molecular flexibility index (Phi) is 3.57. The average molecular weight is 332 g/mol. The molecule has 2 aromatic carbocycles. The minimum atomic E-state index is -0.480. The molecule has 25 heavy (non-hydrogen) atoms. The lowest BCUT2D eigenvalue weighted by atomic mass is 10.00. The monoisotopic (exact) mass is 332 g/mol. The van der Waals surface area contributed by atoms with Crippen molar-refractivity contribution in [3.05, 3.63) is 71.4 Å². The molecular weight excluding hydrogens is 316 g/mol. The molecule has 2 amide bonds. The number of nitrogens with zero attached hydrogens (tertiary/aromatic N) is 2. The van der Waals surface area contributed by atoms with Crippen LogP contribution in [0.4, 0.5) is 5.82 Å².